The molecule has 1 rings (SSSR count). The Labute approximate surface area is 104 Å². The van der Waals surface area contributed by atoms with E-state index in [0.717, 1.165) is 0 Å². The molecule has 0 fully saturated rings. The quantitative estimate of drug-likeness (QED) is 0.599. The lowest BCUT2D eigenvalue weighted by Crippen LogP contribution is -2.08. The zero-order valence-corrected chi connectivity index (χ0v) is 10.4. The zero-order valence-electron chi connectivity index (χ0n) is 9.66. The van der Waals surface area contributed by atoms with Gasteiger partial charge in [-0.2, -0.15) is 0 Å². The highest BCUT2D eigenvalue weighted by Gasteiger charge is 2.13. The molecule has 17 heavy (non-hydrogen) atoms. The van der Waals surface area contributed by atoms with Gasteiger partial charge in [0.15, 0.2) is 0 Å². The molecule has 0 atom stereocenters. The number of hydrogen-bond acceptors (Lipinski definition) is 4. The van der Waals surface area contributed by atoms with Crippen molar-refractivity contribution in [3.63, 3.8) is 0 Å². The molecule has 0 spiro atoms. The van der Waals surface area contributed by atoms with E-state index in [1.54, 1.807) is 13.0 Å². The van der Waals surface area contributed by atoms with Gasteiger partial charge in [0, 0.05) is 5.56 Å². The fourth-order valence-corrected chi connectivity index (χ4v) is 1.64. The molecule has 0 N–H and O–H groups in total. The minimum atomic E-state index is -0.389. The van der Waals surface area contributed by atoms with Gasteiger partial charge >= 0.3 is 5.97 Å². The molecule has 0 aliphatic rings. The molecule has 0 aliphatic carbocycles. The molecule has 0 saturated heterocycles. The van der Waals surface area contributed by atoms with E-state index >= 15 is 0 Å². The van der Waals surface area contributed by atoms with Crippen LogP contribution >= 0.6 is 11.6 Å². The third kappa shape index (κ3) is 3.46. The molecule has 1 aromatic carbocycles. The van der Waals surface area contributed by atoms with E-state index < -0.39 is 0 Å². The number of benzene rings is 1. The van der Waals surface area contributed by atoms with E-state index in [0.29, 0.717) is 34.8 Å². The molecule has 5 heteroatoms. The molecule has 0 aliphatic heterocycles. The third-order valence-electron chi connectivity index (χ3n) is 2.13. The van der Waals surface area contributed by atoms with Gasteiger partial charge in [-0.3, -0.25) is 9.59 Å². The summed E-state index contributed by atoms with van der Waals surface area (Å²) < 4.78 is 9.85. The first kappa shape index (κ1) is 13.5. The number of aldehydes is 1. The molecule has 4 nitrogen and oxygen atoms in total. The number of carbonyl (C=O) groups is 2. The fraction of sp³-hybridized carbons (Fsp3) is 0.333. The Morgan fingerprint density at radius 1 is 1.47 bits per heavy atom. The van der Waals surface area contributed by atoms with Crippen LogP contribution < -0.4 is 4.74 Å². The molecule has 0 heterocycles. The van der Waals surface area contributed by atoms with Crippen molar-refractivity contribution in [3.8, 4) is 5.75 Å². The van der Waals surface area contributed by atoms with E-state index in [1.165, 1.54) is 13.2 Å². The summed E-state index contributed by atoms with van der Waals surface area (Å²) in [5.74, 6) is -0.0185. The summed E-state index contributed by atoms with van der Waals surface area (Å²) in [6.45, 7) is 2.03. The van der Waals surface area contributed by atoms with Gasteiger partial charge in [-0.1, -0.05) is 11.6 Å². The van der Waals surface area contributed by atoms with Crippen molar-refractivity contribution in [2.75, 3.05) is 13.7 Å². The van der Waals surface area contributed by atoms with Gasteiger partial charge in [0.05, 0.1) is 25.2 Å². The first-order valence-electron chi connectivity index (χ1n) is 5.09. The van der Waals surface area contributed by atoms with Crippen LogP contribution in [0.5, 0.6) is 5.75 Å². The summed E-state index contributed by atoms with van der Waals surface area (Å²) in [5.41, 5.74) is 0.928. The smallest absolute Gasteiger partial charge is 0.310 e. The van der Waals surface area contributed by atoms with Crippen molar-refractivity contribution < 1.29 is 19.1 Å². The van der Waals surface area contributed by atoms with Crippen LogP contribution in [0.25, 0.3) is 0 Å². The number of hydrogen-bond donors (Lipinski definition) is 0. The molecule has 0 aromatic heterocycles. The predicted octanol–water partition coefficient (Wildman–Crippen LogP) is 2.27. The second kappa shape index (κ2) is 6.25. The second-order valence-corrected chi connectivity index (χ2v) is 3.67. The van der Waals surface area contributed by atoms with Crippen molar-refractivity contribution in [2.24, 2.45) is 0 Å². The molecule has 0 unspecified atom stereocenters. The lowest BCUT2D eigenvalue weighted by Gasteiger charge is -2.09. The highest BCUT2D eigenvalue weighted by molar-refractivity contribution is 6.33. The Balaban J connectivity index is 3.04. The average Bonchev–Trinajstić information content (AvgIpc) is 2.32. The van der Waals surface area contributed by atoms with E-state index in [9.17, 15) is 9.59 Å². The Kier molecular flexibility index (Phi) is 4.97. The normalized spacial score (nSPS) is 9.82. The number of methoxy groups -OCH3 is 1. The van der Waals surface area contributed by atoms with Crippen LogP contribution in [0.4, 0.5) is 0 Å². The molecule has 0 amide bonds. The number of rotatable bonds is 5. The van der Waals surface area contributed by atoms with Crippen LogP contribution in [0, 0.1) is 0 Å². The Bertz CT molecular complexity index is 429. The zero-order chi connectivity index (χ0) is 12.8. The summed E-state index contributed by atoms with van der Waals surface area (Å²) in [6.07, 6.45) is 0.693. The first-order valence-corrected chi connectivity index (χ1v) is 5.47. The van der Waals surface area contributed by atoms with Crippen LogP contribution in [-0.4, -0.2) is 26.0 Å². The van der Waals surface area contributed by atoms with Crippen molar-refractivity contribution in [1.29, 1.82) is 0 Å². The third-order valence-corrected chi connectivity index (χ3v) is 2.56. The lowest BCUT2D eigenvalue weighted by molar-refractivity contribution is -0.142. The first-order chi connectivity index (χ1) is 8.12. The van der Waals surface area contributed by atoms with Crippen molar-refractivity contribution in [3.05, 3.63) is 28.3 Å². The van der Waals surface area contributed by atoms with E-state index in [2.05, 4.69) is 0 Å². The Morgan fingerprint density at radius 3 is 2.71 bits per heavy atom. The molecular formula is C12H13ClO4. The number of esters is 1. The van der Waals surface area contributed by atoms with Gasteiger partial charge in [-0.15, -0.1) is 0 Å². The summed E-state index contributed by atoms with van der Waals surface area (Å²) in [6, 6.07) is 3.07. The maximum absolute atomic E-state index is 11.4. The van der Waals surface area contributed by atoms with Gasteiger partial charge in [-0.05, 0) is 24.6 Å². The standard InChI is InChI=1S/C12H13ClO4/c1-3-17-11(15)6-9-4-8(7-14)5-10(16-2)12(9)13/h4-5,7H,3,6H2,1-2H3. The van der Waals surface area contributed by atoms with Gasteiger partial charge < -0.3 is 9.47 Å². The van der Waals surface area contributed by atoms with Crippen LogP contribution in [0.2, 0.25) is 5.02 Å². The van der Waals surface area contributed by atoms with Gasteiger partial charge in [0.25, 0.3) is 0 Å². The van der Waals surface area contributed by atoms with Gasteiger partial charge in [0.1, 0.15) is 12.0 Å². The SMILES string of the molecule is CCOC(=O)Cc1cc(C=O)cc(OC)c1Cl. The minimum Gasteiger partial charge on any atom is -0.495 e. The number of carbonyl (C=O) groups excluding carboxylic acids is 2. The molecule has 92 valence electrons. The van der Waals surface area contributed by atoms with E-state index in [-0.39, 0.29) is 12.4 Å². The van der Waals surface area contributed by atoms with Crippen molar-refractivity contribution in [2.45, 2.75) is 13.3 Å². The highest BCUT2D eigenvalue weighted by Crippen LogP contribution is 2.29. The minimum absolute atomic E-state index is 0.0186. The van der Waals surface area contributed by atoms with E-state index in [4.69, 9.17) is 21.1 Å². The second-order valence-electron chi connectivity index (χ2n) is 3.30. The average molecular weight is 257 g/mol. The number of ether oxygens (including phenoxy) is 2. The predicted molar refractivity (Wildman–Crippen MR) is 63.7 cm³/mol. The van der Waals surface area contributed by atoms with E-state index in [1.807, 2.05) is 0 Å². The van der Waals surface area contributed by atoms with Crippen molar-refractivity contribution >= 4 is 23.9 Å². The van der Waals surface area contributed by atoms with Crippen LogP contribution in [-0.2, 0) is 16.0 Å². The van der Waals surface area contributed by atoms with Gasteiger partial charge in [0.2, 0.25) is 0 Å². The summed E-state index contributed by atoms with van der Waals surface area (Å²) in [7, 11) is 1.45. The molecular weight excluding hydrogens is 244 g/mol. The van der Waals surface area contributed by atoms with Crippen LogP contribution in [0.3, 0.4) is 0 Å². The molecule has 0 radical (unpaired) electrons. The lowest BCUT2D eigenvalue weighted by atomic mass is 10.1. The summed E-state index contributed by atoms with van der Waals surface area (Å²) >= 11 is 6.03. The summed E-state index contributed by atoms with van der Waals surface area (Å²) in [5, 5.41) is 0.325. The van der Waals surface area contributed by atoms with Crippen LogP contribution in [0.15, 0.2) is 12.1 Å². The maximum atomic E-state index is 11.4. The summed E-state index contributed by atoms with van der Waals surface area (Å²) in [4.78, 5) is 22.1. The molecule has 0 bridgehead atoms. The monoisotopic (exact) mass is 256 g/mol. The topological polar surface area (TPSA) is 52.6 Å². The highest BCUT2D eigenvalue weighted by atomic mass is 35.5. The van der Waals surface area contributed by atoms with Crippen LogP contribution in [0.1, 0.15) is 22.8 Å². The Morgan fingerprint density at radius 2 is 2.18 bits per heavy atom. The maximum Gasteiger partial charge on any atom is 0.310 e. The Hall–Kier alpha value is -1.55. The largest absolute Gasteiger partial charge is 0.495 e. The molecule has 1 aromatic rings. The molecule has 0 saturated carbocycles. The number of halogens is 1. The van der Waals surface area contributed by atoms with Crippen molar-refractivity contribution in [1.82, 2.24) is 0 Å². The van der Waals surface area contributed by atoms with Gasteiger partial charge in [-0.25, -0.2) is 0 Å². The fourth-order valence-electron chi connectivity index (χ4n) is 1.39.